The summed E-state index contributed by atoms with van der Waals surface area (Å²) >= 11 is 3.32. The number of amides is 1. The normalized spacial score (nSPS) is 19.4. The first-order valence-electron chi connectivity index (χ1n) is 9.45. The molecule has 0 bridgehead atoms. The molecule has 0 saturated carbocycles. The molecule has 2 aromatic carbocycles. The zero-order chi connectivity index (χ0) is 22.6. The lowest BCUT2D eigenvalue weighted by Crippen LogP contribution is -2.50. The minimum absolute atomic E-state index is 0.0110. The molecule has 3 rings (SSSR count). The fraction of sp³-hybridized carbons (Fsp3) is 0.333. The molecule has 1 aliphatic rings. The van der Waals surface area contributed by atoms with Crippen molar-refractivity contribution >= 4 is 38.2 Å². The Kier molecular flexibility index (Phi) is 7.03. The molecule has 31 heavy (non-hydrogen) atoms. The predicted molar refractivity (Wildman–Crippen MR) is 118 cm³/mol. The van der Waals surface area contributed by atoms with Gasteiger partial charge < -0.3 is 9.47 Å². The zero-order valence-electron chi connectivity index (χ0n) is 17.0. The number of methoxy groups -OCH3 is 2. The molecule has 1 aliphatic heterocycles. The summed E-state index contributed by atoms with van der Waals surface area (Å²) < 4.78 is 38.6. The smallest absolute Gasteiger partial charge is 0.421 e. The molecule has 0 radical (unpaired) electrons. The first-order valence-corrected chi connectivity index (χ1v) is 11.8. The van der Waals surface area contributed by atoms with Crippen molar-refractivity contribution in [1.82, 2.24) is 9.03 Å². The van der Waals surface area contributed by atoms with Crippen molar-refractivity contribution in [2.75, 3.05) is 20.8 Å². The highest BCUT2D eigenvalue weighted by Crippen LogP contribution is 2.46. The van der Waals surface area contributed by atoms with Gasteiger partial charge in [-0.15, -0.1) is 0 Å². The maximum absolute atomic E-state index is 13.1. The molecule has 166 valence electrons. The van der Waals surface area contributed by atoms with Gasteiger partial charge in [0.1, 0.15) is 4.83 Å². The number of hydrogen-bond donors (Lipinski definition) is 1. The lowest BCUT2D eigenvalue weighted by Gasteiger charge is -2.30. The molecule has 1 heterocycles. The summed E-state index contributed by atoms with van der Waals surface area (Å²) in [6.45, 7) is 0.0110. The lowest BCUT2D eigenvalue weighted by atomic mass is 9.72. The van der Waals surface area contributed by atoms with E-state index in [0.717, 1.165) is 22.5 Å². The zero-order valence-corrected chi connectivity index (χ0v) is 19.4. The number of ether oxygens (including phenoxy) is 2. The Labute approximate surface area is 189 Å². The Morgan fingerprint density at radius 3 is 2.00 bits per heavy atom. The maximum Gasteiger partial charge on any atom is 0.421 e. The van der Waals surface area contributed by atoms with Gasteiger partial charge in [-0.25, -0.2) is 9.52 Å². The molecule has 1 saturated heterocycles. The van der Waals surface area contributed by atoms with Gasteiger partial charge in [-0.05, 0) is 17.5 Å². The second-order valence-electron chi connectivity index (χ2n) is 7.15. The third-order valence-corrected chi connectivity index (χ3v) is 7.90. The van der Waals surface area contributed by atoms with E-state index in [1.165, 1.54) is 7.11 Å². The van der Waals surface area contributed by atoms with Crippen LogP contribution in [0.1, 0.15) is 17.5 Å². The van der Waals surface area contributed by atoms with Crippen LogP contribution in [0.15, 0.2) is 60.7 Å². The number of carbonyl (C=O) groups excluding carboxylic acids is 2. The number of esters is 1. The van der Waals surface area contributed by atoms with Crippen LogP contribution < -0.4 is 4.72 Å². The van der Waals surface area contributed by atoms with Crippen LogP contribution in [0.4, 0.5) is 4.79 Å². The topological polar surface area (TPSA) is 102 Å². The Morgan fingerprint density at radius 1 is 1.03 bits per heavy atom. The number of rotatable bonds is 6. The standard InChI is InChI=1S/C21H23BrN2O6S/c1-29-19(25)18(22)17-13-21(15-9-5-3-6-10-15,16-11-7-4-8-12-16)14-24(17)31(27,28)23-20(26)30-2/h3-12,17-18H,13-14H2,1-2H3,(H,23,26)/t17-,18-/m1/s1. The fourth-order valence-electron chi connectivity index (χ4n) is 3.99. The molecule has 0 spiro atoms. The number of benzene rings is 2. The highest BCUT2D eigenvalue weighted by molar-refractivity contribution is 9.10. The van der Waals surface area contributed by atoms with Crippen molar-refractivity contribution in [2.24, 2.45) is 0 Å². The van der Waals surface area contributed by atoms with Gasteiger partial charge in [-0.1, -0.05) is 76.6 Å². The molecule has 0 aliphatic carbocycles. The average molecular weight is 511 g/mol. The van der Waals surface area contributed by atoms with Gasteiger partial charge in [-0.2, -0.15) is 12.7 Å². The van der Waals surface area contributed by atoms with Crippen molar-refractivity contribution in [1.29, 1.82) is 0 Å². The second-order valence-corrected chi connectivity index (χ2v) is 9.76. The molecule has 1 N–H and O–H groups in total. The molecule has 0 aromatic heterocycles. The Balaban J connectivity index is 2.16. The largest absolute Gasteiger partial charge is 0.468 e. The molecule has 2 aromatic rings. The maximum atomic E-state index is 13.1. The lowest BCUT2D eigenvalue weighted by molar-refractivity contribution is -0.140. The molecule has 2 atom stereocenters. The van der Waals surface area contributed by atoms with E-state index in [1.54, 1.807) is 0 Å². The second kappa shape index (κ2) is 9.37. The van der Waals surface area contributed by atoms with Crippen molar-refractivity contribution in [2.45, 2.75) is 22.7 Å². The first-order chi connectivity index (χ1) is 14.7. The summed E-state index contributed by atoms with van der Waals surface area (Å²) in [7, 11) is -2.01. The molecule has 0 unspecified atom stereocenters. The average Bonchev–Trinajstić information content (AvgIpc) is 3.22. The highest BCUT2D eigenvalue weighted by Gasteiger charge is 2.54. The third-order valence-electron chi connectivity index (χ3n) is 5.48. The van der Waals surface area contributed by atoms with Gasteiger partial charge in [0, 0.05) is 12.0 Å². The third kappa shape index (κ3) is 4.60. The van der Waals surface area contributed by atoms with Gasteiger partial charge in [0.05, 0.1) is 20.3 Å². The van der Waals surface area contributed by atoms with Crippen LogP contribution in [0.3, 0.4) is 0 Å². The Bertz CT molecular complexity index is 993. The van der Waals surface area contributed by atoms with E-state index >= 15 is 0 Å². The molecule has 10 heteroatoms. The highest BCUT2D eigenvalue weighted by atomic mass is 79.9. The van der Waals surface area contributed by atoms with Crippen LogP contribution in [-0.4, -0.2) is 56.4 Å². The minimum Gasteiger partial charge on any atom is -0.468 e. The Hall–Kier alpha value is -2.43. The van der Waals surface area contributed by atoms with E-state index in [9.17, 15) is 18.0 Å². The molecule has 1 amide bonds. The molecule has 8 nitrogen and oxygen atoms in total. The van der Waals surface area contributed by atoms with Gasteiger partial charge >= 0.3 is 22.3 Å². The number of nitrogens with zero attached hydrogens (tertiary/aromatic N) is 1. The van der Waals surface area contributed by atoms with Gasteiger partial charge in [0.25, 0.3) is 0 Å². The van der Waals surface area contributed by atoms with Crippen molar-refractivity contribution in [3.63, 3.8) is 0 Å². The van der Waals surface area contributed by atoms with E-state index in [4.69, 9.17) is 4.74 Å². The Morgan fingerprint density at radius 2 is 1.55 bits per heavy atom. The number of alkyl halides is 1. The van der Waals surface area contributed by atoms with Crippen LogP contribution in [0.5, 0.6) is 0 Å². The van der Waals surface area contributed by atoms with Gasteiger partial charge in [0.2, 0.25) is 0 Å². The molecule has 1 fully saturated rings. The van der Waals surface area contributed by atoms with Crippen LogP contribution >= 0.6 is 15.9 Å². The van der Waals surface area contributed by atoms with Crippen molar-refractivity contribution < 1.29 is 27.5 Å². The van der Waals surface area contributed by atoms with Crippen LogP contribution in [0, 0.1) is 0 Å². The van der Waals surface area contributed by atoms with Gasteiger partial charge in [0.15, 0.2) is 0 Å². The number of hydrogen-bond acceptors (Lipinski definition) is 6. The number of halogens is 1. The van der Waals surface area contributed by atoms with Crippen LogP contribution in [-0.2, 0) is 29.9 Å². The monoisotopic (exact) mass is 510 g/mol. The van der Waals surface area contributed by atoms with E-state index in [0.29, 0.717) is 0 Å². The van der Waals surface area contributed by atoms with E-state index in [2.05, 4.69) is 20.7 Å². The number of nitrogens with one attached hydrogen (secondary N) is 1. The van der Waals surface area contributed by atoms with E-state index < -0.39 is 38.6 Å². The summed E-state index contributed by atoms with van der Waals surface area (Å²) in [5, 5.41) is 0. The van der Waals surface area contributed by atoms with Crippen LogP contribution in [0.2, 0.25) is 0 Å². The van der Waals surface area contributed by atoms with E-state index in [-0.39, 0.29) is 13.0 Å². The summed E-state index contributed by atoms with van der Waals surface area (Å²) in [6, 6.07) is 18.2. The van der Waals surface area contributed by atoms with Crippen molar-refractivity contribution in [3.05, 3.63) is 71.8 Å². The van der Waals surface area contributed by atoms with Gasteiger partial charge in [-0.3, -0.25) is 4.79 Å². The number of carbonyl (C=O) groups is 2. The summed E-state index contributed by atoms with van der Waals surface area (Å²) in [4.78, 5) is 23.1. The first kappa shape index (κ1) is 23.2. The summed E-state index contributed by atoms with van der Waals surface area (Å²) in [6.07, 6.45) is -0.825. The van der Waals surface area contributed by atoms with Crippen molar-refractivity contribution in [3.8, 4) is 0 Å². The summed E-state index contributed by atoms with van der Waals surface area (Å²) in [5.41, 5.74) is 1.04. The predicted octanol–water partition coefficient (Wildman–Crippen LogP) is 2.58. The SMILES string of the molecule is COC(=O)NS(=O)(=O)N1CC(c2ccccc2)(c2ccccc2)C[C@@H]1[C@@H](Br)C(=O)OC. The quantitative estimate of drug-likeness (QED) is 0.473. The van der Waals surface area contributed by atoms with Crippen LogP contribution in [0.25, 0.3) is 0 Å². The van der Waals surface area contributed by atoms with E-state index in [1.807, 2.05) is 65.4 Å². The fourth-order valence-corrected chi connectivity index (χ4v) is 6.16. The molecular formula is C21H23BrN2O6S. The minimum atomic E-state index is -4.32. The molecular weight excluding hydrogens is 488 g/mol. The summed E-state index contributed by atoms with van der Waals surface area (Å²) in [5.74, 6) is -0.611.